The van der Waals surface area contributed by atoms with Crippen molar-refractivity contribution in [2.75, 3.05) is 38.0 Å². The van der Waals surface area contributed by atoms with Crippen LogP contribution in [0.1, 0.15) is 19.8 Å². The topological polar surface area (TPSA) is 76.6 Å². The summed E-state index contributed by atoms with van der Waals surface area (Å²) in [6, 6.07) is 20.9. The maximum absolute atomic E-state index is 12.8. The number of carbonyl (C=O) groups excluding carboxylic acids is 1. The number of nitrogens with zero attached hydrogens (tertiary/aromatic N) is 3. The van der Waals surface area contributed by atoms with Crippen LogP contribution in [0.5, 0.6) is 11.5 Å². The number of methoxy groups -OCH3 is 2. The number of ether oxygens (including phenoxy) is 2. The fraction of sp³-hybridized carbons (Fsp3) is 0.323. The van der Waals surface area contributed by atoms with Crippen LogP contribution in [0.15, 0.2) is 78.2 Å². The Hall–Kier alpha value is -3.78. The molecule has 1 fully saturated rings. The number of piperidine rings is 1. The van der Waals surface area contributed by atoms with Crippen LogP contribution in [0.25, 0.3) is 21.9 Å². The molecule has 1 aliphatic rings. The lowest BCUT2D eigenvalue weighted by molar-refractivity contribution is -0.119. The summed E-state index contributed by atoms with van der Waals surface area (Å²) in [5.41, 5.74) is 3.05. The molecule has 0 bridgehead atoms. The van der Waals surface area contributed by atoms with Gasteiger partial charge in [0.25, 0.3) is 0 Å². The van der Waals surface area contributed by atoms with Crippen molar-refractivity contribution >= 4 is 34.1 Å². The van der Waals surface area contributed by atoms with Gasteiger partial charge in [0.2, 0.25) is 5.91 Å². The van der Waals surface area contributed by atoms with Crippen LogP contribution in [-0.4, -0.2) is 55.0 Å². The van der Waals surface area contributed by atoms with Crippen molar-refractivity contribution in [3.05, 3.63) is 73.1 Å². The molecule has 3 aromatic carbocycles. The molecule has 1 N–H and O–H groups in total. The van der Waals surface area contributed by atoms with E-state index >= 15 is 0 Å². The zero-order valence-corrected chi connectivity index (χ0v) is 23.4. The van der Waals surface area contributed by atoms with E-state index < -0.39 is 0 Å². The molecule has 2 heterocycles. The molecule has 2 unspecified atom stereocenters. The molecule has 0 aliphatic carbocycles. The van der Waals surface area contributed by atoms with Crippen LogP contribution in [0.4, 0.5) is 5.69 Å². The van der Waals surface area contributed by atoms with Gasteiger partial charge in [0, 0.05) is 42.8 Å². The third kappa shape index (κ3) is 6.45. The SMILES string of the molecule is COc1ccc(-c2cnc(SCC(=O)NC(C)C3CCCN(c4ccc5ccccc5c4)C3)nc2)cc1OC. The molecule has 8 heteroatoms. The van der Waals surface area contributed by atoms with Crippen LogP contribution in [-0.2, 0) is 4.79 Å². The molecule has 1 aliphatic heterocycles. The number of fused-ring (bicyclic) bond motifs is 1. The lowest BCUT2D eigenvalue weighted by Crippen LogP contribution is -2.46. The molecule has 5 rings (SSSR count). The standard InChI is InChI=1S/C31H34N4O3S/c1-21(25-9-6-14-35(19-25)27-12-10-22-7-4-5-8-23(22)15-27)34-30(36)20-39-31-32-17-26(18-33-31)24-11-13-28(37-2)29(16-24)38-3/h4-5,7-8,10-13,15-18,21,25H,6,9,14,19-20H2,1-3H3,(H,34,36). The van der Waals surface area contributed by atoms with Crippen LogP contribution >= 0.6 is 11.8 Å². The Balaban J connectivity index is 1.13. The van der Waals surface area contributed by atoms with Crippen LogP contribution in [0.2, 0.25) is 0 Å². The summed E-state index contributed by atoms with van der Waals surface area (Å²) in [7, 11) is 3.22. The number of rotatable bonds is 9. The van der Waals surface area contributed by atoms with Gasteiger partial charge in [0.15, 0.2) is 16.7 Å². The van der Waals surface area contributed by atoms with E-state index in [4.69, 9.17) is 9.47 Å². The average Bonchev–Trinajstić information content (AvgIpc) is 2.99. The van der Waals surface area contributed by atoms with Crippen molar-refractivity contribution in [2.24, 2.45) is 5.92 Å². The summed E-state index contributed by atoms with van der Waals surface area (Å²) in [6.45, 7) is 4.10. The molecule has 202 valence electrons. The minimum Gasteiger partial charge on any atom is -0.493 e. The number of thioether (sulfide) groups is 1. The molecular weight excluding hydrogens is 508 g/mol. The van der Waals surface area contributed by atoms with Crippen molar-refractivity contribution in [2.45, 2.75) is 31.0 Å². The van der Waals surface area contributed by atoms with Gasteiger partial charge in [-0.1, -0.05) is 48.2 Å². The average molecular weight is 543 g/mol. The summed E-state index contributed by atoms with van der Waals surface area (Å²) in [4.78, 5) is 24.1. The van der Waals surface area contributed by atoms with Gasteiger partial charge in [-0.3, -0.25) is 4.79 Å². The first-order chi connectivity index (χ1) is 19.0. The Morgan fingerprint density at radius 3 is 2.54 bits per heavy atom. The van der Waals surface area contributed by atoms with Crippen molar-refractivity contribution in [1.82, 2.24) is 15.3 Å². The minimum absolute atomic E-state index is 0.00268. The first-order valence-corrected chi connectivity index (χ1v) is 14.2. The molecule has 0 radical (unpaired) electrons. The molecule has 0 spiro atoms. The first kappa shape index (κ1) is 26.8. The monoisotopic (exact) mass is 542 g/mol. The number of carbonyl (C=O) groups is 1. The van der Waals surface area contributed by atoms with Gasteiger partial charge in [0.1, 0.15) is 0 Å². The highest BCUT2D eigenvalue weighted by molar-refractivity contribution is 7.99. The molecule has 0 saturated carbocycles. The Bertz CT molecular complexity index is 1430. The Kier molecular flexibility index (Phi) is 8.51. The number of hydrogen-bond acceptors (Lipinski definition) is 7. The summed E-state index contributed by atoms with van der Waals surface area (Å²) >= 11 is 1.34. The van der Waals surface area contributed by atoms with Gasteiger partial charge in [0.05, 0.1) is 20.0 Å². The number of amides is 1. The molecule has 7 nitrogen and oxygen atoms in total. The van der Waals surface area contributed by atoms with E-state index in [1.165, 1.54) is 28.2 Å². The quantitative estimate of drug-likeness (QED) is 0.211. The largest absolute Gasteiger partial charge is 0.493 e. The Labute approximate surface area is 233 Å². The number of nitrogens with one attached hydrogen (secondary N) is 1. The van der Waals surface area contributed by atoms with Gasteiger partial charge in [-0.15, -0.1) is 0 Å². The zero-order valence-electron chi connectivity index (χ0n) is 22.6. The molecular formula is C31H34N4O3S. The second-order valence-corrected chi connectivity index (χ2v) is 10.8. The number of benzene rings is 3. The highest BCUT2D eigenvalue weighted by Crippen LogP contribution is 2.32. The van der Waals surface area contributed by atoms with E-state index in [1.807, 2.05) is 18.2 Å². The van der Waals surface area contributed by atoms with Crippen LogP contribution < -0.4 is 19.7 Å². The molecule has 39 heavy (non-hydrogen) atoms. The van der Waals surface area contributed by atoms with Gasteiger partial charge in [-0.2, -0.15) is 0 Å². The first-order valence-electron chi connectivity index (χ1n) is 13.2. The van der Waals surface area contributed by atoms with E-state index in [9.17, 15) is 4.79 Å². The number of anilines is 1. The second kappa shape index (κ2) is 12.4. The third-order valence-corrected chi connectivity index (χ3v) is 8.20. The summed E-state index contributed by atoms with van der Waals surface area (Å²) in [6.07, 6.45) is 5.76. The molecule has 2 atom stereocenters. The van der Waals surface area contributed by atoms with E-state index in [0.717, 1.165) is 37.1 Å². The normalized spacial score (nSPS) is 16.1. The molecule has 1 aromatic heterocycles. The Morgan fingerprint density at radius 1 is 1.00 bits per heavy atom. The van der Waals surface area contributed by atoms with Crippen molar-refractivity contribution < 1.29 is 14.3 Å². The van der Waals surface area contributed by atoms with Crippen LogP contribution in [0.3, 0.4) is 0 Å². The summed E-state index contributed by atoms with van der Waals surface area (Å²) < 4.78 is 10.7. The number of aromatic nitrogens is 2. The highest BCUT2D eigenvalue weighted by atomic mass is 32.2. The number of hydrogen-bond donors (Lipinski definition) is 1. The third-order valence-electron chi connectivity index (χ3n) is 7.33. The van der Waals surface area contributed by atoms with Gasteiger partial charge >= 0.3 is 0 Å². The minimum atomic E-state index is 0.00268. The second-order valence-electron chi connectivity index (χ2n) is 9.85. The molecule has 4 aromatic rings. The van der Waals surface area contributed by atoms with E-state index in [-0.39, 0.29) is 17.7 Å². The fourth-order valence-electron chi connectivity index (χ4n) is 5.13. The van der Waals surface area contributed by atoms with Crippen molar-refractivity contribution in [3.63, 3.8) is 0 Å². The van der Waals surface area contributed by atoms with Crippen molar-refractivity contribution in [3.8, 4) is 22.6 Å². The Morgan fingerprint density at radius 2 is 1.77 bits per heavy atom. The van der Waals surface area contributed by atoms with Gasteiger partial charge < -0.3 is 19.7 Å². The zero-order chi connectivity index (χ0) is 27.2. The lowest BCUT2D eigenvalue weighted by atomic mass is 9.91. The molecule has 1 saturated heterocycles. The molecule has 1 amide bonds. The van der Waals surface area contributed by atoms with Gasteiger partial charge in [-0.05, 0) is 66.3 Å². The maximum Gasteiger partial charge on any atom is 0.230 e. The van der Waals surface area contributed by atoms with Gasteiger partial charge in [-0.25, -0.2) is 9.97 Å². The smallest absolute Gasteiger partial charge is 0.230 e. The van der Waals surface area contributed by atoms with Crippen molar-refractivity contribution in [1.29, 1.82) is 0 Å². The highest BCUT2D eigenvalue weighted by Gasteiger charge is 2.26. The summed E-state index contributed by atoms with van der Waals surface area (Å²) in [5, 5.41) is 6.30. The summed E-state index contributed by atoms with van der Waals surface area (Å²) in [5.74, 6) is 2.00. The predicted molar refractivity (Wildman–Crippen MR) is 158 cm³/mol. The van der Waals surface area contributed by atoms with E-state index in [0.29, 0.717) is 22.6 Å². The lowest BCUT2D eigenvalue weighted by Gasteiger charge is -2.37. The predicted octanol–water partition coefficient (Wildman–Crippen LogP) is 5.83. The van der Waals surface area contributed by atoms with E-state index in [1.54, 1.807) is 26.6 Å². The van der Waals surface area contributed by atoms with Crippen LogP contribution in [0, 0.1) is 5.92 Å². The maximum atomic E-state index is 12.8. The fourth-order valence-corrected chi connectivity index (χ4v) is 5.72. The van der Waals surface area contributed by atoms with E-state index in [2.05, 4.69) is 69.6 Å².